The number of hydrogen-bond acceptors (Lipinski definition) is 4. The highest BCUT2D eigenvalue weighted by molar-refractivity contribution is 5.84. The second-order valence-corrected chi connectivity index (χ2v) is 4.72. The third-order valence-electron chi connectivity index (χ3n) is 3.14. The van der Waals surface area contributed by atoms with E-state index >= 15 is 0 Å². The Hall–Kier alpha value is -1.43. The maximum absolute atomic E-state index is 10.6. The average molecular weight is 238 g/mol. The van der Waals surface area contributed by atoms with Crippen molar-refractivity contribution < 1.29 is 9.90 Å². The van der Waals surface area contributed by atoms with Crippen molar-refractivity contribution in [1.29, 1.82) is 0 Å². The third-order valence-corrected chi connectivity index (χ3v) is 3.14. The average Bonchev–Trinajstić information content (AvgIpc) is 2.75. The first-order valence-corrected chi connectivity index (χ1v) is 6.01. The molecule has 1 N–H and O–H groups in total. The van der Waals surface area contributed by atoms with Gasteiger partial charge in [-0.05, 0) is 25.3 Å². The van der Waals surface area contributed by atoms with Gasteiger partial charge in [0.1, 0.15) is 0 Å². The number of aromatic nitrogens is 3. The Morgan fingerprint density at radius 1 is 1.59 bits per heavy atom. The predicted molar refractivity (Wildman–Crippen MR) is 61.8 cm³/mol. The molecule has 17 heavy (non-hydrogen) atoms. The molecule has 6 heteroatoms. The van der Waals surface area contributed by atoms with E-state index < -0.39 is 5.97 Å². The first kappa shape index (κ1) is 12.0. The van der Waals surface area contributed by atoms with Crippen LogP contribution in [0, 0.1) is 5.92 Å². The second-order valence-electron chi connectivity index (χ2n) is 4.72. The molecule has 1 aromatic heterocycles. The minimum atomic E-state index is -1.03. The first-order valence-electron chi connectivity index (χ1n) is 6.01. The lowest BCUT2D eigenvalue weighted by Crippen LogP contribution is -2.36. The van der Waals surface area contributed by atoms with Gasteiger partial charge < -0.3 is 10.0 Å². The molecule has 1 saturated heterocycles. The maximum Gasteiger partial charge on any atom is 0.358 e. The molecular weight excluding hydrogens is 220 g/mol. The lowest BCUT2D eigenvalue weighted by molar-refractivity contribution is 0.0690. The molecule has 0 radical (unpaired) electrons. The van der Waals surface area contributed by atoms with Crippen molar-refractivity contribution in [2.75, 3.05) is 19.6 Å². The summed E-state index contributed by atoms with van der Waals surface area (Å²) < 4.78 is 1.60. The molecule has 1 aliphatic rings. The molecule has 0 spiro atoms. The monoisotopic (exact) mass is 238 g/mol. The maximum atomic E-state index is 10.6. The highest BCUT2D eigenvalue weighted by atomic mass is 16.4. The number of nitrogens with zero attached hydrogens (tertiary/aromatic N) is 4. The van der Waals surface area contributed by atoms with Crippen LogP contribution in [0.4, 0.5) is 0 Å². The van der Waals surface area contributed by atoms with Crippen LogP contribution in [0.2, 0.25) is 0 Å². The van der Waals surface area contributed by atoms with Crippen LogP contribution in [0.1, 0.15) is 30.3 Å². The first-order chi connectivity index (χ1) is 8.15. The van der Waals surface area contributed by atoms with Crippen LogP contribution >= 0.6 is 0 Å². The number of rotatable bonds is 4. The molecule has 0 saturated carbocycles. The Morgan fingerprint density at radius 3 is 3.06 bits per heavy atom. The van der Waals surface area contributed by atoms with Gasteiger partial charge in [-0.25, -0.2) is 4.79 Å². The molecule has 0 aliphatic carbocycles. The highest BCUT2D eigenvalue weighted by Gasteiger charge is 2.16. The van der Waals surface area contributed by atoms with E-state index in [0.29, 0.717) is 6.54 Å². The predicted octanol–water partition coefficient (Wildman–Crippen LogP) is 0.708. The van der Waals surface area contributed by atoms with E-state index in [-0.39, 0.29) is 5.69 Å². The molecule has 1 fully saturated rings. The molecule has 94 valence electrons. The summed E-state index contributed by atoms with van der Waals surface area (Å²) in [6.07, 6.45) is 4.04. The standard InChI is InChI=1S/C11H18N4O2/c1-9-3-2-4-14(7-9)5-6-15-8-10(11(16)17)12-13-15/h8-9H,2-7H2,1H3,(H,16,17). The fourth-order valence-corrected chi connectivity index (χ4v) is 2.24. The zero-order valence-corrected chi connectivity index (χ0v) is 10.0. The molecule has 1 atom stereocenters. The normalized spacial score (nSPS) is 21.6. The largest absolute Gasteiger partial charge is 0.476 e. The molecule has 1 aliphatic heterocycles. The molecular formula is C11H18N4O2. The summed E-state index contributed by atoms with van der Waals surface area (Å²) in [5.74, 6) is -0.267. The number of aromatic carboxylic acids is 1. The van der Waals surface area contributed by atoms with Crippen molar-refractivity contribution in [3.8, 4) is 0 Å². The van der Waals surface area contributed by atoms with Crippen molar-refractivity contribution in [3.05, 3.63) is 11.9 Å². The molecule has 2 rings (SSSR count). The minimum absolute atomic E-state index is 0.0111. The summed E-state index contributed by atoms with van der Waals surface area (Å²) >= 11 is 0. The summed E-state index contributed by atoms with van der Waals surface area (Å²) in [4.78, 5) is 13.0. The zero-order chi connectivity index (χ0) is 12.3. The molecule has 2 heterocycles. The number of likely N-dealkylation sites (tertiary alicyclic amines) is 1. The minimum Gasteiger partial charge on any atom is -0.476 e. The van der Waals surface area contributed by atoms with Crippen LogP contribution in [0.3, 0.4) is 0 Å². The Labute approximate surface area is 100 Å². The van der Waals surface area contributed by atoms with Crippen molar-refractivity contribution in [2.24, 2.45) is 5.92 Å². The van der Waals surface area contributed by atoms with Gasteiger partial charge in [0.2, 0.25) is 0 Å². The van der Waals surface area contributed by atoms with E-state index in [2.05, 4.69) is 22.1 Å². The van der Waals surface area contributed by atoms with Gasteiger partial charge in [-0.15, -0.1) is 5.10 Å². The molecule has 0 aromatic carbocycles. The fourth-order valence-electron chi connectivity index (χ4n) is 2.24. The van der Waals surface area contributed by atoms with E-state index in [1.807, 2.05) is 0 Å². The highest BCUT2D eigenvalue weighted by Crippen LogP contribution is 2.14. The van der Waals surface area contributed by atoms with Crippen LogP contribution in [0.15, 0.2) is 6.20 Å². The topological polar surface area (TPSA) is 71.2 Å². The Morgan fingerprint density at radius 2 is 2.41 bits per heavy atom. The number of piperidine rings is 1. The molecule has 1 aromatic rings. The molecule has 0 amide bonds. The van der Waals surface area contributed by atoms with E-state index in [4.69, 9.17) is 5.11 Å². The summed E-state index contributed by atoms with van der Waals surface area (Å²) in [5.41, 5.74) is 0.0111. The summed E-state index contributed by atoms with van der Waals surface area (Å²) in [6.45, 7) is 6.13. The van der Waals surface area contributed by atoms with E-state index in [0.717, 1.165) is 25.6 Å². The van der Waals surface area contributed by atoms with Gasteiger partial charge in [-0.1, -0.05) is 12.1 Å². The third kappa shape index (κ3) is 3.26. The van der Waals surface area contributed by atoms with Gasteiger partial charge in [0, 0.05) is 13.1 Å². The van der Waals surface area contributed by atoms with Gasteiger partial charge in [-0.3, -0.25) is 4.68 Å². The molecule has 0 bridgehead atoms. The van der Waals surface area contributed by atoms with E-state index in [9.17, 15) is 4.79 Å². The van der Waals surface area contributed by atoms with Crippen LogP contribution in [0.25, 0.3) is 0 Å². The number of carbonyl (C=O) groups is 1. The Kier molecular flexibility index (Phi) is 3.73. The Balaban J connectivity index is 1.82. The molecule has 1 unspecified atom stereocenters. The number of carboxylic acid groups (broad SMARTS) is 1. The number of hydrogen-bond donors (Lipinski definition) is 1. The lowest BCUT2D eigenvalue weighted by Gasteiger charge is -2.30. The smallest absolute Gasteiger partial charge is 0.358 e. The summed E-state index contributed by atoms with van der Waals surface area (Å²) in [6, 6.07) is 0. The van der Waals surface area contributed by atoms with Crippen molar-refractivity contribution >= 4 is 5.97 Å². The van der Waals surface area contributed by atoms with Gasteiger partial charge in [-0.2, -0.15) is 0 Å². The van der Waals surface area contributed by atoms with Crippen molar-refractivity contribution in [3.63, 3.8) is 0 Å². The van der Waals surface area contributed by atoms with Crippen molar-refractivity contribution in [2.45, 2.75) is 26.3 Å². The SMILES string of the molecule is CC1CCCN(CCn2cc(C(=O)O)nn2)C1. The fraction of sp³-hybridized carbons (Fsp3) is 0.727. The van der Waals surface area contributed by atoms with Crippen LogP contribution in [0.5, 0.6) is 0 Å². The van der Waals surface area contributed by atoms with Gasteiger partial charge in [0.25, 0.3) is 0 Å². The van der Waals surface area contributed by atoms with Crippen molar-refractivity contribution in [1.82, 2.24) is 19.9 Å². The van der Waals surface area contributed by atoms with Gasteiger partial charge in [0.15, 0.2) is 5.69 Å². The van der Waals surface area contributed by atoms with E-state index in [1.165, 1.54) is 19.0 Å². The number of carboxylic acids is 1. The zero-order valence-electron chi connectivity index (χ0n) is 10.0. The molecule has 6 nitrogen and oxygen atoms in total. The van der Waals surface area contributed by atoms with Crippen LogP contribution in [-0.4, -0.2) is 50.6 Å². The Bertz CT molecular complexity index is 391. The quantitative estimate of drug-likeness (QED) is 0.836. The second kappa shape index (κ2) is 5.27. The summed E-state index contributed by atoms with van der Waals surface area (Å²) in [7, 11) is 0. The van der Waals surface area contributed by atoms with Crippen LogP contribution < -0.4 is 0 Å². The van der Waals surface area contributed by atoms with Gasteiger partial charge in [0.05, 0.1) is 12.7 Å². The summed E-state index contributed by atoms with van der Waals surface area (Å²) in [5, 5.41) is 16.1. The van der Waals surface area contributed by atoms with Gasteiger partial charge >= 0.3 is 5.97 Å². The van der Waals surface area contributed by atoms with E-state index in [1.54, 1.807) is 4.68 Å². The van der Waals surface area contributed by atoms with Crippen LogP contribution in [-0.2, 0) is 6.54 Å². The lowest BCUT2D eigenvalue weighted by atomic mass is 10.0.